The first-order valence-corrected chi connectivity index (χ1v) is 9.03. The fraction of sp³-hybridized carbons (Fsp3) is 0.550. The van der Waals surface area contributed by atoms with E-state index in [0.717, 1.165) is 12.8 Å². The Bertz CT molecular complexity index is 665. The monoisotopic (exact) mass is 358 g/mol. The number of nitrogens with one attached hydrogen (secondary N) is 1. The summed E-state index contributed by atoms with van der Waals surface area (Å²) < 4.78 is 10.5. The van der Waals surface area contributed by atoms with E-state index in [2.05, 4.69) is 19.2 Å². The SMILES string of the molecule is C[C@@H]1[C@H](C)CCC[C@H]1NC(=O)COC(=O)[C@@H](C)Oc1ccc(C#N)cc1. The third-order valence-corrected chi connectivity index (χ3v) is 5.03. The molecule has 0 unspecified atom stereocenters. The first-order chi connectivity index (χ1) is 12.4. The van der Waals surface area contributed by atoms with Crippen LogP contribution in [0.5, 0.6) is 5.75 Å². The molecule has 0 aromatic heterocycles. The summed E-state index contributed by atoms with van der Waals surface area (Å²) in [4.78, 5) is 24.1. The molecular formula is C20H26N2O4. The molecule has 0 spiro atoms. The van der Waals surface area contributed by atoms with Gasteiger partial charge in [-0.15, -0.1) is 0 Å². The molecule has 1 saturated carbocycles. The van der Waals surface area contributed by atoms with Crippen LogP contribution in [0, 0.1) is 23.2 Å². The van der Waals surface area contributed by atoms with E-state index in [4.69, 9.17) is 14.7 Å². The Balaban J connectivity index is 1.76. The lowest BCUT2D eigenvalue weighted by atomic mass is 9.78. The van der Waals surface area contributed by atoms with Gasteiger partial charge in [-0.05, 0) is 49.4 Å². The summed E-state index contributed by atoms with van der Waals surface area (Å²) in [5, 5.41) is 11.7. The number of hydrogen-bond acceptors (Lipinski definition) is 5. The van der Waals surface area contributed by atoms with Crippen LogP contribution in [0.15, 0.2) is 24.3 Å². The van der Waals surface area contributed by atoms with Gasteiger partial charge in [0.1, 0.15) is 5.75 Å². The van der Waals surface area contributed by atoms with Gasteiger partial charge < -0.3 is 14.8 Å². The van der Waals surface area contributed by atoms with Crippen LogP contribution >= 0.6 is 0 Å². The lowest BCUT2D eigenvalue weighted by molar-refractivity contribution is -0.155. The Hall–Kier alpha value is -2.55. The number of nitriles is 1. The molecule has 0 radical (unpaired) electrons. The van der Waals surface area contributed by atoms with Gasteiger partial charge in [-0.2, -0.15) is 5.26 Å². The average molecular weight is 358 g/mol. The van der Waals surface area contributed by atoms with Crippen molar-refractivity contribution in [2.45, 2.75) is 52.2 Å². The Kier molecular flexibility index (Phi) is 7.02. The highest BCUT2D eigenvalue weighted by Crippen LogP contribution is 2.29. The molecule has 6 nitrogen and oxygen atoms in total. The topological polar surface area (TPSA) is 88.4 Å². The van der Waals surface area contributed by atoms with E-state index in [9.17, 15) is 9.59 Å². The van der Waals surface area contributed by atoms with Crippen LogP contribution in [-0.4, -0.2) is 30.6 Å². The van der Waals surface area contributed by atoms with Crippen molar-refractivity contribution in [2.75, 3.05) is 6.61 Å². The molecule has 1 aromatic carbocycles. The molecule has 0 saturated heterocycles. The summed E-state index contributed by atoms with van der Waals surface area (Å²) in [6.07, 6.45) is 2.41. The van der Waals surface area contributed by atoms with E-state index in [1.807, 2.05) is 6.07 Å². The number of hydrogen-bond donors (Lipinski definition) is 1. The fourth-order valence-corrected chi connectivity index (χ4v) is 3.15. The van der Waals surface area contributed by atoms with Crippen LogP contribution in [0.1, 0.15) is 45.6 Å². The van der Waals surface area contributed by atoms with Gasteiger partial charge in [0, 0.05) is 6.04 Å². The van der Waals surface area contributed by atoms with Gasteiger partial charge in [0.2, 0.25) is 0 Å². The second-order valence-corrected chi connectivity index (χ2v) is 6.95. The summed E-state index contributed by atoms with van der Waals surface area (Å²) in [6.45, 7) is 5.60. The Morgan fingerprint density at radius 2 is 1.96 bits per heavy atom. The number of ether oxygens (including phenoxy) is 2. The smallest absolute Gasteiger partial charge is 0.347 e. The third-order valence-electron chi connectivity index (χ3n) is 5.03. The van der Waals surface area contributed by atoms with Crippen molar-refractivity contribution in [3.05, 3.63) is 29.8 Å². The molecular weight excluding hydrogens is 332 g/mol. The average Bonchev–Trinajstić information content (AvgIpc) is 2.64. The van der Waals surface area contributed by atoms with Crippen LogP contribution in [0.3, 0.4) is 0 Å². The van der Waals surface area contributed by atoms with Crippen molar-refractivity contribution < 1.29 is 19.1 Å². The first kappa shape index (κ1) is 19.8. The first-order valence-electron chi connectivity index (χ1n) is 9.03. The second-order valence-electron chi connectivity index (χ2n) is 6.95. The maximum atomic E-state index is 12.1. The van der Waals surface area contributed by atoms with Crippen LogP contribution < -0.4 is 10.1 Å². The van der Waals surface area contributed by atoms with Gasteiger partial charge in [-0.25, -0.2) is 4.79 Å². The predicted octanol–water partition coefficient (Wildman–Crippen LogP) is 2.81. The van der Waals surface area contributed by atoms with E-state index in [1.165, 1.54) is 6.42 Å². The molecule has 140 valence electrons. The normalized spacial score (nSPS) is 23.4. The highest BCUT2D eigenvalue weighted by molar-refractivity contribution is 5.82. The van der Waals surface area contributed by atoms with E-state index in [1.54, 1.807) is 31.2 Å². The maximum Gasteiger partial charge on any atom is 0.347 e. The van der Waals surface area contributed by atoms with Gasteiger partial charge in [-0.1, -0.05) is 26.7 Å². The summed E-state index contributed by atoms with van der Waals surface area (Å²) >= 11 is 0. The number of carbonyl (C=O) groups is 2. The summed E-state index contributed by atoms with van der Waals surface area (Å²) in [5.74, 6) is 0.576. The molecule has 4 atom stereocenters. The highest BCUT2D eigenvalue weighted by Gasteiger charge is 2.28. The van der Waals surface area contributed by atoms with Crippen molar-refractivity contribution in [2.24, 2.45) is 11.8 Å². The van der Waals surface area contributed by atoms with Gasteiger partial charge in [0.15, 0.2) is 12.7 Å². The fourth-order valence-electron chi connectivity index (χ4n) is 3.15. The summed E-state index contributed by atoms with van der Waals surface area (Å²) in [5.41, 5.74) is 0.510. The molecule has 0 aliphatic heterocycles. The molecule has 2 rings (SSSR count). The lowest BCUT2D eigenvalue weighted by Gasteiger charge is -2.34. The number of amides is 1. The van der Waals surface area contributed by atoms with E-state index >= 15 is 0 Å². The third kappa shape index (κ3) is 5.48. The zero-order valence-electron chi connectivity index (χ0n) is 15.5. The van der Waals surface area contributed by atoms with Crippen molar-refractivity contribution in [3.8, 4) is 11.8 Å². The number of nitrogens with zero attached hydrogens (tertiary/aromatic N) is 1. The maximum absolute atomic E-state index is 12.1. The number of carbonyl (C=O) groups excluding carboxylic acids is 2. The van der Waals surface area contributed by atoms with Crippen molar-refractivity contribution in [1.82, 2.24) is 5.32 Å². The number of esters is 1. The molecule has 1 aromatic rings. The predicted molar refractivity (Wildman–Crippen MR) is 96.3 cm³/mol. The number of rotatable bonds is 6. The lowest BCUT2D eigenvalue weighted by Crippen LogP contribution is -2.45. The number of benzene rings is 1. The summed E-state index contributed by atoms with van der Waals surface area (Å²) in [7, 11) is 0. The second kappa shape index (κ2) is 9.23. The zero-order valence-corrected chi connectivity index (χ0v) is 15.5. The van der Waals surface area contributed by atoms with Crippen LogP contribution in [-0.2, 0) is 14.3 Å². The Morgan fingerprint density at radius 1 is 1.27 bits per heavy atom. The molecule has 0 heterocycles. The molecule has 1 fully saturated rings. The minimum atomic E-state index is -0.843. The van der Waals surface area contributed by atoms with Crippen molar-refractivity contribution in [3.63, 3.8) is 0 Å². The quantitative estimate of drug-likeness (QED) is 0.790. The Labute approximate surface area is 154 Å². The van der Waals surface area contributed by atoms with Gasteiger partial charge >= 0.3 is 5.97 Å². The largest absolute Gasteiger partial charge is 0.479 e. The molecule has 26 heavy (non-hydrogen) atoms. The Morgan fingerprint density at radius 3 is 2.62 bits per heavy atom. The standard InChI is InChI=1S/C20H26N2O4/c1-13-5-4-6-18(14(13)2)22-19(23)12-25-20(24)15(3)26-17-9-7-16(11-21)8-10-17/h7-10,13-15,18H,4-6,12H2,1-3H3,(H,22,23)/t13-,14-,15-,18-/m1/s1. The van der Waals surface area contributed by atoms with Gasteiger partial charge in [0.05, 0.1) is 11.6 Å². The molecule has 1 aliphatic rings. The van der Waals surface area contributed by atoms with E-state index in [-0.39, 0.29) is 18.6 Å². The van der Waals surface area contributed by atoms with Gasteiger partial charge in [-0.3, -0.25) is 4.79 Å². The van der Waals surface area contributed by atoms with Crippen LogP contribution in [0.25, 0.3) is 0 Å². The highest BCUT2D eigenvalue weighted by atomic mass is 16.6. The van der Waals surface area contributed by atoms with E-state index in [0.29, 0.717) is 23.1 Å². The molecule has 1 amide bonds. The van der Waals surface area contributed by atoms with E-state index < -0.39 is 12.1 Å². The molecule has 1 N–H and O–H groups in total. The van der Waals surface area contributed by atoms with Crippen LogP contribution in [0.4, 0.5) is 0 Å². The van der Waals surface area contributed by atoms with Crippen molar-refractivity contribution in [1.29, 1.82) is 5.26 Å². The van der Waals surface area contributed by atoms with Crippen molar-refractivity contribution >= 4 is 11.9 Å². The molecule has 0 bridgehead atoms. The minimum Gasteiger partial charge on any atom is -0.479 e. The minimum absolute atomic E-state index is 0.136. The summed E-state index contributed by atoms with van der Waals surface area (Å²) in [6, 6.07) is 8.58. The molecule has 6 heteroatoms. The van der Waals surface area contributed by atoms with Gasteiger partial charge in [0.25, 0.3) is 5.91 Å². The molecule has 1 aliphatic carbocycles. The zero-order chi connectivity index (χ0) is 19.1. The van der Waals surface area contributed by atoms with Crippen LogP contribution in [0.2, 0.25) is 0 Å².